The smallest absolute Gasteiger partial charge is 0.261 e. The summed E-state index contributed by atoms with van der Waals surface area (Å²) in [6, 6.07) is 12.4. The number of aromatic nitrogens is 1. The van der Waals surface area contributed by atoms with Crippen LogP contribution in [0.15, 0.2) is 48.7 Å². The highest BCUT2D eigenvalue weighted by molar-refractivity contribution is 6.22. The van der Waals surface area contributed by atoms with Crippen LogP contribution in [0.25, 0.3) is 10.9 Å². The molecule has 1 aromatic heterocycles. The minimum atomic E-state index is -0.372. The van der Waals surface area contributed by atoms with Gasteiger partial charge in [0, 0.05) is 50.5 Å². The number of rotatable bonds is 9. The molecule has 0 radical (unpaired) electrons. The lowest BCUT2D eigenvalue weighted by atomic mass is 10.1. The van der Waals surface area contributed by atoms with Crippen molar-refractivity contribution >= 4 is 28.6 Å². The fourth-order valence-electron chi connectivity index (χ4n) is 3.96. The van der Waals surface area contributed by atoms with Crippen molar-refractivity contribution in [2.24, 2.45) is 0 Å². The van der Waals surface area contributed by atoms with Gasteiger partial charge in [-0.3, -0.25) is 19.3 Å². The number of nitrogens with zero attached hydrogens (tertiary/aromatic N) is 2. The summed E-state index contributed by atoms with van der Waals surface area (Å²) in [5.41, 5.74) is 1.97. The van der Waals surface area contributed by atoms with Crippen LogP contribution in [0.3, 0.4) is 0 Å². The number of ether oxygens (including phenoxy) is 2. The van der Waals surface area contributed by atoms with Crippen LogP contribution in [0.5, 0.6) is 5.75 Å². The van der Waals surface area contributed by atoms with Gasteiger partial charge < -0.3 is 19.4 Å². The Morgan fingerprint density at radius 2 is 1.81 bits per heavy atom. The van der Waals surface area contributed by atoms with Crippen LogP contribution >= 0.6 is 0 Å². The molecule has 0 atom stereocenters. The second kappa shape index (κ2) is 9.23. The number of fused-ring (bicyclic) bond motifs is 2. The van der Waals surface area contributed by atoms with Gasteiger partial charge in [-0.05, 0) is 42.8 Å². The number of benzene rings is 2. The number of methoxy groups -OCH3 is 2. The minimum absolute atomic E-state index is 0.267. The quantitative estimate of drug-likeness (QED) is 0.412. The van der Waals surface area contributed by atoms with Crippen molar-refractivity contribution in [3.05, 3.63) is 65.4 Å². The van der Waals surface area contributed by atoms with Crippen molar-refractivity contribution in [3.63, 3.8) is 0 Å². The first-order valence-corrected chi connectivity index (χ1v) is 10.4. The molecule has 0 bridgehead atoms. The molecular formula is C24H25N3O5. The maximum absolute atomic E-state index is 12.7. The van der Waals surface area contributed by atoms with Crippen LogP contribution in [0.2, 0.25) is 0 Å². The van der Waals surface area contributed by atoms with E-state index in [-0.39, 0.29) is 29.8 Å². The summed E-state index contributed by atoms with van der Waals surface area (Å²) in [5.74, 6) is -0.190. The van der Waals surface area contributed by atoms with Gasteiger partial charge in [0.2, 0.25) is 0 Å². The van der Waals surface area contributed by atoms with Crippen molar-refractivity contribution in [1.29, 1.82) is 0 Å². The molecule has 1 aliphatic heterocycles. The highest BCUT2D eigenvalue weighted by atomic mass is 16.5. The fourth-order valence-corrected chi connectivity index (χ4v) is 3.96. The van der Waals surface area contributed by atoms with Crippen molar-refractivity contribution in [2.75, 3.05) is 33.9 Å². The standard InChI is InChI=1S/C24H25N3O5/c1-31-14-4-11-27-23(29)17-8-7-16(15-19(17)24(27)30)22(28)25-10-13-26-12-9-18-20(26)5-3-6-21(18)32-2/h3,5-9,12,15H,4,10-11,13-14H2,1-2H3,(H,25,28). The molecule has 8 heteroatoms. The lowest BCUT2D eigenvalue weighted by molar-refractivity contribution is 0.0638. The summed E-state index contributed by atoms with van der Waals surface area (Å²) in [4.78, 5) is 39.0. The average molecular weight is 435 g/mol. The predicted octanol–water partition coefficient (Wildman–Crippen LogP) is 2.71. The van der Waals surface area contributed by atoms with Crippen LogP contribution in [-0.2, 0) is 11.3 Å². The molecule has 0 aliphatic carbocycles. The van der Waals surface area contributed by atoms with Gasteiger partial charge in [-0.2, -0.15) is 0 Å². The molecular weight excluding hydrogens is 410 g/mol. The molecule has 3 amide bonds. The van der Waals surface area contributed by atoms with Crippen LogP contribution in [-0.4, -0.2) is 61.1 Å². The van der Waals surface area contributed by atoms with Crippen LogP contribution in [0, 0.1) is 0 Å². The number of imide groups is 1. The molecule has 0 fully saturated rings. The van der Waals surface area contributed by atoms with Gasteiger partial charge in [-0.1, -0.05) is 6.07 Å². The first-order chi connectivity index (χ1) is 15.5. The molecule has 0 unspecified atom stereocenters. The monoisotopic (exact) mass is 435 g/mol. The normalized spacial score (nSPS) is 13.0. The van der Waals surface area contributed by atoms with Gasteiger partial charge in [0.05, 0.1) is 23.8 Å². The molecule has 0 saturated carbocycles. The first-order valence-electron chi connectivity index (χ1n) is 10.4. The van der Waals surface area contributed by atoms with Crippen molar-refractivity contribution in [1.82, 2.24) is 14.8 Å². The molecule has 166 valence electrons. The van der Waals surface area contributed by atoms with E-state index in [9.17, 15) is 14.4 Å². The van der Waals surface area contributed by atoms with Gasteiger partial charge >= 0.3 is 0 Å². The Balaban J connectivity index is 1.40. The topological polar surface area (TPSA) is 89.9 Å². The second-order valence-electron chi connectivity index (χ2n) is 7.53. The first kappa shape index (κ1) is 21.6. The average Bonchev–Trinajstić information content (AvgIpc) is 3.33. The van der Waals surface area contributed by atoms with Crippen LogP contribution < -0.4 is 10.1 Å². The van der Waals surface area contributed by atoms with Crippen molar-refractivity contribution in [2.45, 2.75) is 13.0 Å². The van der Waals surface area contributed by atoms with Crippen molar-refractivity contribution < 1.29 is 23.9 Å². The van der Waals surface area contributed by atoms with Gasteiger partial charge in [0.25, 0.3) is 17.7 Å². The molecule has 0 saturated heterocycles. The molecule has 1 aliphatic rings. The zero-order chi connectivity index (χ0) is 22.7. The summed E-state index contributed by atoms with van der Waals surface area (Å²) in [6.07, 6.45) is 2.52. The highest BCUT2D eigenvalue weighted by Gasteiger charge is 2.35. The summed E-state index contributed by atoms with van der Waals surface area (Å²) in [6.45, 7) is 1.74. The number of amides is 3. The Labute approximate surface area is 185 Å². The maximum Gasteiger partial charge on any atom is 0.261 e. The van der Waals surface area contributed by atoms with E-state index in [2.05, 4.69) is 5.32 Å². The summed E-state index contributed by atoms with van der Waals surface area (Å²) in [5, 5.41) is 3.90. The number of hydrogen-bond acceptors (Lipinski definition) is 5. The minimum Gasteiger partial charge on any atom is -0.496 e. The molecule has 2 aromatic carbocycles. The fraction of sp³-hybridized carbons (Fsp3) is 0.292. The summed E-state index contributed by atoms with van der Waals surface area (Å²) < 4.78 is 12.4. The van der Waals surface area contributed by atoms with Gasteiger partial charge in [-0.15, -0.1) is 0 Å². The largest absolute Gasteiger partial charge is 0.496 e. The third-order valence-corrected chi connectivity index (χ3v) is 5.59. The van der Waals surface area contributed by atoms with E-state index in [1.165, 1.54) is 11.0 Å². The summed E-state index contributed by atoms with van der Waals surface area (Å²) in [7, 11) is 3.21. The third kappa shape index (κ3) is 3.97. The molecule has 0 spiro atoms. The van der Waals surface area contributed by atoms with Crippen molar-refractivity contribution in [3.8, 4) is 5.75 Å². The summed E-state index contributed by atoms with van der Waals surface area (Å²) >= 11 is 0. The zero-order valence-electron chi connectivity index (χ0n) is 18.1. The predicted molar refractivity (Wildman–Crippen MR) is 119 cm³/mol. The van der Waals surface area contributed by atoms with E-state index in [4.69, 9.17) is 9.47 Å². The number of nitrogens with one attached hydrogen (secondary N) is 1. The third-order valence-electron chi connectivity index (χ3n) is 5.59. The van der Waals surface area contributed by atoms with Gasteiger partial charge in [-0.25, -0.2) is 0 Å². The lowest BCUT2D eigenvalue weighted by Gasteiger charge is -2.12. The van der Waals surface area contributed by atoms with E-state index < -0.39 is 0 Å². The second-order valence-corrected chi connectivity index (χ2v) is 7.53. The lowest BCUT2D eigenvalue weighted by Crippen LogP contribution is -2.31. The van der Waals surface area contributed by atoms with E-state index >= 15 is 0 Å². The molecule has 3 aromatic rings. The number of hydrogen-bond donors (Lipinski definition) is 1. The molecule has 4 rings (SSSR count). The Hall–Kier alpha value is -3.65. The van der Waals surface area contributed by atoms with Crippen LogP contribution in [0.4, 0.5) is 0 Å². The Bertz CT molecular complexity index is 1180. The van der Waals surface area contributed by atoms with E-state index in [0.29, 0.717) is 37.2 Å². The zero-order valence-corrected chi connectivity index (χ0v) is 18.1. The Morgan fingerprint density at radius 3 is 2.59 bits per heavy atom. The van der Waals surface area contributed by atoms with Gasteiger partial charge in [0.15, 0.2) is 0 Å². The highest BCUT2D eigenvalue weighted by Crippen LogP contribution is 2.26. The molecule has 1 N–H and O–H groups in total. The van der Waals surface area contributed by atoms with Crippen LogP contribution in [0.1, 0.15) is 37.5 Å². The maximum atomic E-state index is 12.7. The Kier molecular flexibility index (Phi) is 6.23. The molecule has 8 nitrogen and oxygen atoms in total. The van der Waals surface area contributed by atoms with Gasteiger partial charge in [0.1, 0.15) is 5.75 Å². The Morgan fingerprint density at radius 1 is 1.00 bits per heavy atom. The SMILES string of the molecule is COCCCN1C(=O)c2ccc(C(=O)NCCn3ccc4c(OC)cccc43)cc2C1=O. The van der Waals surface area contributed by atoms with E-state index in [1.807, 2.05) is 35.0 Å². The van der Waals surface area contributed by atoms with E-state index in [1.54, 1.807) is 26.4 Å². The van der Waals surface area contributed by atoms with E-state index in [0.717, 1.165) is 16.7 Å². The molecule has 32 heavy (non-hydrogen) atoms. The number of carbonyl (C=O) groups is 3. The molecule has 2 heterocycles. The number of carbonyl (C=O) groups excluding carboxylic acids is 3.